The van der Waals surface area contributed by atoms with Crippen LogP contribution in [0.1, 0.15) is 33.1 Å². The first-order valence-electron chi connectivity index (χ1n) is 8.64. The monoisotopic (exact) mass is 391 g/mol. The number of hydrogen-bond donors (Lipinski definition) is 2. The van der Waals surface area contributed by atoms with Crippen LogP contribution in [-0.2, 0) is 4.79 Å². The van der Waals surface area contributed by atoms with Gasteiger partial charge in [0.05, 0.1) is 5.69 Å². The average molecular weight is 392 g/mol. The number of ether oxygens (including phenoxy) is 1. The van der Waals surface area contributed by atoms with E-state index in [-0.39, 0.29) is 42.7 Å². The van der Waals surface area contributed by atoms with E-state index in [0.29, 0.717) is 6.61 Å². The minimum atomic E-state index is 0. The highest BCUT2D eigenvalue weighted by Gasteiger charge is 2.28. The van der Waals surface area contributed by atoms with Crippen molar-refractivity contribution >= 4 is 36.4 Å². The van der Waals surface area contributed by atoms with Crippen LogP contribution >= 0.6 is 24.8 Å². The van der Waals surface area contributed by atoms with Crippen LogP contribution in [0, 0.1) is 5.92 Å². The summed E-state index contributed by atoms with van der Waals surface area (Å²) in [6.45, 7) is 7.81. The Morgan fingerprint density at radius 1 is 1.24 bits per heavy atom. The van der Waals surface area contributed by atoms with Crippen molar-refractivity contribution in [1.29, 1.82) is 0 Å². The number of nitrogens with two attached hydrogens (primary N) is 1. The zero-order valence-electron chi connectivity index (χ0n) is 15.1. The van der Waals surface area contributed by atoms with E-state index < -0.39 is 0 Å². The highest BCUT2D eigenvalue weighted by Crippen LogP contribution is 2.28. The summed E-state index contributed by atoms with van der Waals surface area (Å²) >= 11 is 0. The number of halogens is 2. The van der Waals surface area contributed by atoms with E-state index in [0.717, 1.165) is 50.3 Å². The molecule has 7 heteroatoms. The number of rotatable bonds is 8. The molecule has 1 aromatic rings. The van der Waals surface area contributed by atoms with Gasteiger partial charge in [0.2, 0.25) is 5.91 Å². The molecule has 1 aliphatic rings. The number of nitrogens with zero attached hydrogens (tertiary/aromatic N) is 1. The minimum Gasteiger partial charge on any atom is -0.490 e. The van der Waals surface area contributed by atoms with Gasteiger partial charge < -0.3 is 20.7 Å². The van der Waals surface area contributed by atoms with E-state index in [1.54, 1.807) is 0 Å². The van der Waals surface area contributed by atoms with Gasteiger partial charge in [-0.05, 0) is 44.5 Å². The van der Waals surface area contributed by atoms with Crippen LogP contribution in [0.3, 0.4) is 0 Å². The van der Waals surface area contributed by atoms with E-state index >= 15 is 0 Å². The molecule has 0 spiro atoms. The second-order valence-electron chi connectivity index (χ2n) is 6.13. The van der Waals surface area contributed by atoms with Gasteiger partial charge in [-0.25, -0.2) is 0 Å². The zero-order valence-corrected chi connectivity index (χ0v) is 16.7. The summed E-state index contributed by atoms with van der Waals surface area (Å²) in [5.41, 5.74) is 6.64. The topological polar surface area (TPSA) is 67.6 Å². The molecule has 1 aromatic carbocycles. The molecule has 2 unspecified atom stereocenters. The fourth-order valence-electron chi connectivity index (χ4n) is 3.01. The molecule has 2 atom stereocenters. The quantitative estimate of drug-likeness (QED) is 0.712. The number of hydrogen-bond acceptors (Lipinski definition) is 4. The summed E-state index contributed by atoms with van der Waals surface area (Å²) < 4.78 is 5.87. The molecule has 0 radical (unpaired) electrons. The van der Waals surface area contributed by atoms with Gasteiger partial charge in [-0.1, -0.05) is 26.0 Å². The van der Waals surface area contributed by atoms with Crippen LogP contribution in [0.15, 0.2) is 24.3 Å². The summed E-state index contributed by atoms with van der Waals surface area (Å²) in [7, 11) is 0. The second-order valence-corrected chi connectivity index (χ2v) is 6.13. The number of amides is 1. The predicted octanol–water partition coefficient (Wildman–Crippen LogP) is 3.32. The molecule has 3 N–H and O–H groups in total. The maximum atomic E-state index is 12.4. The van der Waals surface area contributed by atoms with Gasteiger partial charge in [0.1, 0.15) is 12.4 Å². The van der Waals surface area contributed by atoms with E-state index in [1.807, 2.05) is 24.3 Å². The van der Waals surface area contributed by atoms with Crippen LogP contribution in [0.25, 0.3) is 0 Å². The van der Waals surface area contributed by atoms with Gasteiger partial charge >= 0.3 is 0 Å². The Balaban J connectivity index is 0.00000288. The maximum Gasteiger partial charge on any atom is 0.227 e. The summed E-state index contributed by atoms with van der Waals surface area (Å²) in [5, 5.41) is 3.01. The Hall–Kier alpha value is -1.01. The van der Waals surface area contributed by atoms with Gasteiger partial charge in [-0.3, -0.25) is 4.79 Å². The van der Waals surface area contributed by atoms with Crippen LogP contribution in [0.4, 0.5) is 5.69 Å². The molecule has 1 aliphatic carbocycles. The Bertz CT molecular complexity index is 513. The number of likely N-dealkylation sites (N-methyl/N-ethyl adjacent to an activating group) is 1. The molecule has 1 amide bonds. The van der Waals surface area contributed by atoms with Crippen LogP contribution in [-0.4, -0.2) is 43.1 Å². The molecule has 2 rings (SSSR count). The summed E-state index contributed by atoms with van der Waals surface area (Å²) in [5.74, 6) is 0.807. The lowest BCUT2D eigenvalue weighted by molar-refractivity contribution is -0.119. The zero-order chi connectivity index (χ0) is 16.7. The number of anilines is 1. The molecular weight excluding hydrogens is 361 g/mol. The Kier molecular flexibility index (Phi) is 11.9. The first kappa shape index (κ1) is 24.0. The first-order valence-corrected chi connectivity index (χ1v) is 8.64. The third-order valence-corrected chi connectivity index (χ3v) is 4.55. The summed E-state index contributed by atoms with van der Waals surface area (Å²) in [6.07, 6.45) is 2.58. The highest BCUT2D eigenvalue weighted by molar-refractivity contribution is 5.94. The van der Waals surface area contributed by atoms with Crippen molar-refractivity contribution in [2.45, 2.75) is 39.2 Å². The molecule has 0 saturated heterocycles. The summed E-state index contributed by atoms with van der Waals surface area (Å²) in [6, 6.07) is 7.78. The van der Waals surface area contributed by atoms with E-state index in [1.165, 1.54) is 0 Å². The number of carbonyl (C=O) groups is 1. The first-order chi connectivity index (χ1) is 11.1. The smallest absolute Gasteiger partial charge is 0.227 e. The van der Waals surface area contributed by atoms with Crippen molar-refractivity contribution in [3.8, 4) is 5.75 Å². The molecule has 0 aromatic heterocycles. The molecule has 1 fully saturated rings. The van der Waals surface area contributed by atoms with E-state index in [9.17, 15) is 4.79 Å². The van der Waals surface area contributed by atoms with Gasteiger partial charge in [-0.15, -0.1) is 24.8 Å². The molecule has 0 aliphatic heterocycles. The fraction of sp³-hybridized carbons (Fsp3) is 0.611. The minimum absolute atomic E-state index is 0. The molecule has 0 bridgehead atoms. The van der Waals surface area contributed by atoms with E-state index in [2.05, 4.69) is 24.1 Å². The van der Waals surface area contributed by atoms with Gasteiger partial charge in [0.15, 0.2) is 0 Å². The van der Waals surface area contributed by atoms with Gasteiger partial charge in [-0.2, -0.15) is 0 Å². The lowest BCUT2D eigenvalue weighted by Gasteiger charge is -2.19. The largest absolute Gasteiger partial charge is 0.490 e. The van der Waals surface area contributed by atoms with Crippen molar-refractivity contribution in [2.75, 3.05) is 31.6 Å². The molecule has 144 valence electrons. The second kappa shape index (κ2) is 12.4. The van der Waals surface area contributed by atoms with Crippen molar-refractivity contribution in [3.05, 3.63) is 24.3 Å². The SMILES string of the molecule is CCN(CC)CCOc1ccccc1NC(=O)C1CCC(N)C1.Cl.Cl. The van der Waals surface area contributed by atoms with Crippen molar-refractivity contribution in [3.63, 3.8) is 0 Å². The van der Waals surface area contributed by atoms with Crippen LogP contribution in [0.5, 0.6) is 5.75 Å². The van der Waals surface area contributed by atoms with E-state index in [4.69, 9.17) is 10.5 Å². The predicted molar refractivity (Wildman–Crippen MR) is 108 cm³/mol. The highest BCUT2D eigenvalue weighted by atomic mass is 35.5. The van der Waals surface area contributed by atoms with Gasteiger partial charge in [0.25, 0.3) is 0 Å². The van der Waals surface area contributed by atoms with Crippen LogP contribution < -0.4 is 15.8 Å². The number of benzene rings is 1. The number of para-hydroxylation sites is 2. The van der Waals surface area contributed by atoms with Crippen molar-refractivity contribution < 1.29 is 9.53 Å². The maximum absolute atomic E-state index is 12.4. The number of nitrogens with one attached hydrogen (secondary N) is 1. The standard InChI is InChI=1S/C18H29N3O2.2ClH/c1-3-21(4-2)11-12-23-17-8-6-5-7-16(17)20-18(22)14-9-10-15(19)13-14;;/h5-8,14-15H,3-4,9-13,19H2,1-2H3,(H,20,22);2*1H. The fourth-order valence-corrected chi connectivity index (χ4v) is 3.01. The number of carbonyl (C=O) groups excluding carboxylic acids is 1. The molecule has 1 saturated carbocycles. The van der Waals surface area contributed by atoms with Crippen molar-refractivity contribution in [2.24, 2.45) is 11.7 Å². The lowest BCUT2D eigenvalue weighted by Crippen LogP contribution is -2.28. The third-order valence-electron chi connectivity index (χ3n) is 4.55. The normalized spacial score (nSPS) is 19.0. The lowest BCUT2D eigenvalue weighted by atomic mass is 10.1. The Morgan fingerprint density at radius 3 is 2.52 bits per heavy atom. The molecule has 5 nitrogen and oxygen atoms in total. The molecular formula is C18H31Cl2N3O2. The van der Waals surface area contributed by atoms with Crippen molar-refractivity contribution in [1.82, 2.24) is 4.90 Å². The van der Waals surface area contributed by atoms with Gasteiger partial charge in [0, 0.05) is 18.5 Å². The van der Waals surface area contributed by atoms with Crippen LogP contribution in [0.2, 0.25) is 0 Å². The third kappa shape index (κ3) is 7.40. The molecule has 25 heavy (non-hydrogen) atoms. The Morgan fingerprint density at radius 2 is 1.92 bits per heavy atom. The average Bonchev–Trinajstić information content (AvgIpc) is 3.00. The Labute approximate surface area is 163 Å². The molecule has 0 heterocycles. The summed E-state index contributed by atoms with van der Waals surface area (Å²) in [4.78, 5) is 14.7.